The van der Waals surface area contributed by atoms with Crippen LogP contribution in [-0.4, -0.2) is 29.3 Å². The van der Waals surface area contributed by atoms with Crippen molar-refractivity contribution in [1.82, 2.24) is 18.3 Å². The van der Waals surface area contributed by atoms with Gasteiger partial charge < -0.3 is 5.11 Å². The molecule has 38 heavy (non-hydrogen) atoms. The first-order chi connectivity index (χ1) is 17.8. The molecule has 0 saturated carbocycles. The van der Waals surface area contributed by atoms with E-state index >= 15 is 0 Å². The van der Waals surface area contributed by atoms with E-state index in [1.165, 1.54) is 27.3 Å². The van der Waals surface area contributed by atoms with Crippen molar-refractivity contribution in [2.24, 2.45) is 7.05 Å². The number of fused-ring (bicyclic) bond motifs is 2. The Morgan fingerprint density at radius 2 is 1.76 bits per heavy atom. The summed E-state index contributed by atoms with van der Waals surface area (Å²) in [5.41, 5.74) is -2.43. The fourth-order valence-corrected chi connectivity index (χ4v) is 5.35. The topological polar surface area (TPSA) is 108 Å². The lowest BCUT2D eigenvalue weighted by Crippen LogP contribution is -2.43. The number of aryl methyl sites for hydroxylation is 1. The quantitative estimate of drug-likeness (QED) is 0.436. The van der Waals surface area contributed by atoms with Gasteiger partial charge in [-0.05, 0) is 62.1 Å². The van der Waals surface area contributed by atoms with E-state index in [0.717, 1.165) is 21.4 Å². The molecule has 0 saturated heterocycles. The second-order valence-electron chi connectivity index (χ2n) is 9.58. The normalized spacial score (nSPS) is 15.4. The maximum absolute atomic E-state index is 13.7. The first-order valence-electron chi connectivity index (χ1n) is 11.8. The Morgan fingerprint density at radius 3 is 2.39 bits per heavy atom. The van der Waals surface area contributed by atoms with Gasteiger partial charge in [0.25, 0.3) is 5.56 Å². The molecule has 1 aliphatic carbocycles. The fraction of sp³-hybridized carbons (Fsp3) is 0.308. The van der Waals surface area contributed by atoms with Crippen molar-refractivity contribution in [2.45, 2.75) is 44.9 Å². The zero-order valence-electron chi connectivity index (χ0n) is 20.6. The molecular weight excluding hydrogens is 505 g/mol. The molecule has 2 heterocycles. The number of carboxylic acids is 1. The molecule has 0 spiro atoms. The molecule has 4 aromatic rings. The van der Waals surface area contributed by atoms with E-state index in [0.29, 0.717) is 11.0 Å². The predicted molar refractivity (Wildman–Crippen MR) is 132 cm³/mol. The lowest BCUT2D eigenvalue weighted by molar-refractivity contribution is -0.138. The highest BCUT2D eigenvalue weighted by Crippen LogP contribution is 2.41. The van der Waals surface area contributed by atoms with Crippen molar-refractivity contribution in [3.63, 3.8) is 0 Å². The number of carbonyl (C=O) groups is 1. The predicted octanol–water partition coefficient (Wildman–Crippen LogP) is 3.49. The minimum absolute atomic E-state index is 0.0183. The number of imidazole rings is 1. The van der Waals surface area contributed by atoms with Gasteiger partial charge in [-0.3, -0.25) is 23.1 Å². The van der Waals surface area contributed by atoms with Crippen LogP contribution in [0.1, 0.15) is 59.4 Å². The number of benzene rings is 2. The van der Waals surface area contributed by atoms with Gasteiger partial charge in [0.15, 0.2) is 0 Å². The van der Waals surface area contributed by atoms with Gasteiger partial charge in [-0.15, -0.1) is 0 Å². The van der Waals surface area contributed by atoms with Crippen LogP contribution in [0.4, 0.5) is 13.2 Å². The number of aromatic carboxylic acids is 1. The van der Waals surface area contributed by atoms with Crippen molar-refractivity contribution < 1.29 is 23.1 Å². The Kier molecular flexibility index (Phi) is 5.73. The molecule has 0 unspecified atom stereocenters. The second-order valence-corrected chi connectivity index (χ2v) is 9.58. The van der Waals surface area contributed by atoms with Crippen LogP contribution in [0.5, 0.6) is 0 Å². The molecule has 1 atom stereocenters. The minimum atomic E-state index is -4.62. The maximum atomic E-state index is 13.7. The molecule has 0 amide bonds. The van der Waals surface area contributed by atoms with Crippen LogP contribution in [-0.2, 0) is 19.6 Å². The Bertz CT molecular complexity index is 1810. The molecule has 2 aromatic heterocycles. The Hall–Kier alpha value is -4.35. The molecule has 0 radical (unpaired) electrons. The summed E-state index contributed by atoms with van der Waals surface area (Å²) in [6.45, 7) is 3.63. The van der Waals surface area contributed by atoms with Crippen molar-refractivity contribution >= 4 is 17.0 Å². The maximum Gasteiger partial charge on any atom is 0.416 e. The lowest BCUT2D eigenvalue weighted by atomic mass is 10.0. The average Bonchev–Trinajstić information content (AvgIpc) is 3.37. The highest BCUT2D eigenvalue weighted by molar-refractivity contribution is 5.87. The van der Waals surface area contributed by atoms with E-state index in [-0.39, 0.29) is 41.4 Å². The Balaban J connectivity index is 1.78. The van der Waals surface area contributed by atoms with Gasteiger partial charge in [0.1, 0.15) is 5.56 Å². The highest BCUT2D eigenvalue weighted by Gasteiger charge is 2.38. The lowest BCUT2D eigenvalue weighted by Gasteiger charge is -2.19. The molecule has 2 aromatic carbocycles. The van der Waals surface area contributed by atoms with E-state index in [9.17, 15) is 37.5 Å². The van der Waals surface area contributed by atoms with E-state index in [2.05, 4.69) is 0 Å². The number of halogens is 3. The molecule has 5 rings (SSSR count). The van der Waals surface area contributed by atoms with Crippen molar-refractivity contribution in [2.75, 3.05) is 0 Å². The second kappa shape index (κ2) is 8.61. The third kappa shape index (κ3) is 3.70. The van der Waals surface area contributed by atoms with E-state index in [1.54, 1.807) is 19.2 Å². The van der Waals surface area contributed by atoms with Crippen molar-refractivity contribution in [3.8, 4) is 5.69 Å². The van der Waals surface area contributed by atoms with Gasteiger partial charge in [-0.1, -0.05) is 12.1 Å². The van der Waals surface area contributed by atoms with Crippen LogP contribution in [0.15, 0.2) is 57.0 Å². The zero-order valence-corrected chi connectivity index (χ0v) is 20.6. The summed E-state index contributed by atoms with van der Waals surface area (Å²) in [6.07, 6.45) is -3.72. The third-order valence-corrected chi connectivity index (χ3v) is 7.07. The number of aromatic nitrogens is 4. The average molecular weight is 528 g/mol. The standard InChI is InChI=1S/C26H23F3N4O5/c1-13(2)32-21-11-14(7-9-20(21)30(3)24(32)37)31-12-17(23(35)36)22(34)33(25(31)38)19-10-8-15-16(19)5-4-6-18(15)26(27,28)29/h4-7,9,11-13,19H,8,10H2,1-3H3,(H,35,36)/t19-/m1/s1. The van der Waals surface area contributed by atoms with E-state index in [1.807, 2.05) is 13.8 Å². The molecule has 1 N–H and O–H groups in total. The SMILES string of the molecule is CC(C)n1c(=O)n(C)c2ccc(-n3cc(C(=O)O)c(=O)n([C@@H]4CCc5c4cccc5C(F)(F)F)c3=O)cc21. The summed E-state index contributed by atoms with van der Waals surface area (Å²) in [5, 5.41) is 9.74. The van der Waals surface area contributed by atoms with Gasteiger partial charge in [0.05, 0.1) is 28.3 Å². The van der Waals surface area contributed by atoms with Gasteiger partial charge in [-0.2, -0.15) is 13.2 Å². The molecule has 0 aliphatic heterocycles. The van der Waals surface area contributed by atoms with Gasteiger partial charge in [-0.25, -0.2) is 14.4 Å². The van der Waals surface area contributed by atoms with E-state index in [4.69, 9.17) is 0 Å². The van der Waals surface area contributed by atoms with Gasteiger partial charge in [0, 0.05) is 19.3 Å². The van der Waals surface area contributed by atoms with Crippen molar-refractivity contribution in [3.05, 3.63) is 96.2 Å². The van der Waals surface area contributed by atoms with Crippen LogP contribution >= 0.6 is 0 Å². The zero-order chi connectivity index (χ0) is 27.7. The highest BCUT2D eigenvalue weighted by atomic mass is 19.4. The molecule has 9 nitrogen and oxygen atoms in total. The molecule has 0 fully saturated rings. The summed E-state index contributed by atoms with van der Waals surface area (Å²) in [5.74, 6) is -1.58. The summed E-state index contributed by atoms with van der Waals surface area (Å²) < 4.78 is 45.5. The van der Waals surface area contributed by atoms with Crippen LogP contribution in [0, 0.1) is 0 Å². The number of alkyl halides is 3. The van der Waals surface area contributed by atoms with Crippen LogP contribution in [0.25, 0.3) is 16.7 Å². The largest absolute Gasteiger partial charge is 0.477 e. The fourth-order valence-electron chi connectivity index (χ4n) is 5.35. The van der Waals surface area contributed by atoms with Crippen LogP contribution in [0.3, 0.4) is 0 Å². The Labute approximate surface area is 212 Å². The van der Waals surface area contributed by atoms with Gasteiger partial charge >= 0.3 is 23.5 Å². The van der Waals surface area contributed by atoms with Crippen LogP contribution in [0.2, 0.25) is 0 Å². The first kappa shape index (κ1) is 25.3. The monoisotopic (exact) mass is 528 g/mol. The molecular formula is C26H23F3N4O5. The Morgan fingerprint density at radius 1 is 1.05 bits per heavy atom. The smallest absolute Gasteiger partial charge is 0.416 e. The van der Waals surface area contributed by atoms with Crippen LogP contribution < -0.4 is 16.9 Å². The summed E-state index contributed by atoms with van der Waals surface area (Å²) in [4.78, 5) is 51.6. The minimum Gasteiger partial charge on any atom is -0.477 e. The summed E-state index contributed by atoms with van der Waals surface area (Å²) in [7, 11) is 1.60. The molecule has 0 bridgehead atoms. The number of hydrogen-bond acceptors (Lipinski definition) is 4. The number of nitrogens with zero attached hydrogens (tertiary/aromatic N) is 4. The first-order valence-corrected chi connectivity index (χ1v) is 11.8. The molecule has 12 heteroatoms. The number of rotatable bonds is 4. The third-order valence-electron chi connectivity index (χ3n) is 7.07. The molecule has 198 valence electrons. The summed E-state index contributed by atoms with van der Waals surface area (Å²) in [6, 6.07) is 6.93. The molecule has 1 aliphatic rings. The number of carboxylic acid groups (broad SMARTS) is 1. The van der Waals surface area contributed by atoms with E-state index < -0.39 is 40.6 Å². The summed E-state index contributed by atoms with van der Waals surface area (Å²) >= 11 is 0. The van der Waals surface area contributed by atoms with Gasteiger partial charge in [0.2, 0.25) is 0 Å². The van der Waals surface area contributed by atoms with Crippen molar-refractivity contribution in [1.29, 1.82) is 0 Å². The number of hydrogen-bond donors (Lipinski definition) is 1.